The molecule has 1 heterocycles. The summed E-state index contributed by atoms with van der Waals surface area (Å²) in [6.07, 6.45) is 2.85. The van der Waals surface area contributed by atoms with Crippen LogP contribution in [0.25, 0.3) is 0 Å². The van der Waals surface area contributed by atoms with Gasteiger partial charge >= 0.3 is 0 Å². The standard InChI is InChI=1S/C10H20N2O2/c1-2-11-10(13)5-6-12-9-4-3-7-14-8-9/h9,12H,2-8H2,1H3,(H,11,13). The molecule has 1 unspecified atom stereocenters. The van der Waals surface area contributed by atoms with E-state index in [1.165, 1.54) is 0 Å². The maximum atomic E-state index is 11.1. The van der Waals surface area contributed by atoms with Gasteiger partial charge in [0.15, 0.2) is 0 Å². The number of carbonyl (C=O) groups excluding carboxylic acids is 1. The maximum absolute atomic E-state index is 11.1. The van der Waals surface area contributed by atoms with Gasteiger partial charge < -0.3 is 15.4 Å². The molecule has 1 saturated heterocycles. The van der Waals surface area contributed by atoms with Crippen molar-refractivity contribution in [1.82, 2.24) is 10.6 Å². The van der Waals surface area contributed by atoms with Gasteiger partial charge in [-0.15, -0.1) is 0 Å². The van der Waals surface area contributed by atoms with E-state index < -0.39 is 0 Å². The first-order valence-corrected chi connectivity index (χ1v) is 5.40. The number of hydrogen-bond acceptors (Lipinski definition) is 3. The highest BCUT2D eigenvalue weighted by molar-refractivity contribution is 5.75. The number of hydrogen-bond donors (Lipinski definition) is 2. The Morgan fingerprint density at radius 1 is 1.57 bits per heavy atom. The topological polar surface area (TPSA) is 50.4 Å². The molecule has 0 spiro atoms. The molecule has 1 atom stereocenters. The summed E-state index contributed by atoms with van der Waals surface area (Å²) >= 11 is 0. The summed E-state index contributed by atoms with van der Waals surface area (Å²) in [5.74, 6) is 0.122. The summed E-state index contributed by atoms with van der Waals surface area (Å²) in [7, 11) is 0. The van der Waals surface area contributed by atoms with Crippen molar-refractivity contribution in [3.05, 3.63) is 0 Å². The van der Waals surface area contributed by atoms with Crippen LogP contribution in [0.4, 0.5) is 0 Å². The lowest BCUT2D eigenvalue weighted by molar-refractivity contribution is -0.120. The molecule has 4 heteroatoms. The smallest absolute Gasteiger partial charge is 0.221 e. The molecule has 1 amide bonds. The molecule has 0 radical (unpaired) electrons. The molecule has 1 rings (SSSR count). The van der Waals surface area contributed by atoms with E-state index in [1.807, 2.05) is 6.92 Å². The monoisotopic (exact) mass is 200 g/mol. The Bertz CT molecular complexity index is 168. The maximum Gasteiger partial charge on any atom is 0.221 e. The zero-order chi connectivity index (χ0) is 10.2. The number of ether oxygens (including phenoxy) is 1. The van der Waals surface area contributed by atoms with Crippen molar-refractivity contribution >= 4 is 5.91 Å². The van der Waals surface area contributed by atoms with Crippen LogP contribution in [-0.4, -0.2) is 38.3 Å². The number of nitrogens with one attached hydrogen (secondary N) is 2. The number of amides is 1. The lowest BCUT2D eigenvalue weighted by atomic mass is 10.1. The molecule has 2 N–H and O–H groups in total. The van der Waals surface area contributed by atoms with Gasteiger partial charge in [0, 0.05) is 32.2 Å². The Balaban J connectivity index is 1.99. The highest BCUT2D eigenvalue weighted by Gasteiger charge is 2.12. The molecule has 0 aromatic carbocycles. The first kappa shape index (κ1) is 11.5. The summed E-state index contributed by atoms with van der Waals surface area (Å²) < 4.78 is 5.32. The summed E-state index contributed by atoms with van der Waals surface area (Å²) in [5, 5.41) is 6.10. The Kier molecular flexibility index (Phi) is 5.56. The molecule has 1 fully saturated rings. The fraction of sp³-hybridized carbons (Fsp3) is 0.900. The third-order valence-electron chi connectivity index (χ3n) is 2.32. The van der Waals surface area contributed by atoms with Gasteiger partial charge in [0.25, 0.3) is 0 Å². The Hall–Kier alpha value is -0.610. The zero-order valence-electron chi connectivity index (χ0n) is 8.84. The molecule has 1 aliphatic heterocycles. The molecule has 82 valence electrons. The van der Waals surface area contributed by atoms with Crippen molar-refractivity contribution in [2.24, 2.45) is 0 Å². The minimum absolute atomic E-state index is 0.122. The third-order valence-corrected chi connectivity index (χ3v) is 2.32. The van der Waals surface area contributed by atoms with Gasteiger partial charge in [-0.3, -0.25) is 4.79 Å². The molecule has 0 aromatic rings. The quantitative estimate of drug-likeness (QED) is 0.670. The second-order valence-electron chi connectivity index (χ2n) is 3.57. The minimum Gasteiger partial charge on any atom is -0.380 e. The summed E-state index contributed by atoms with van der Waals surface area (Å²) in [5.41, 5.74) is 0. The molecular weight excluding hydrogens is 180 g/mol. The predicted octanol–water partition coefficient (Wildman–Crippen LogP) is 0.281. The van der Waals surface area contributed by atoms with Crippen molar-refractivity contribution < 1.29 is 9.53 Å². The van der Waals surface area contributed by atoms with Crippen LogP contribution in [0, 0.1) is 0 Å². The van der Waals surface area contributed by atoms with Crippen LogP contribution in [0.15, 0.2) is 0 Å². The van der Waals surface area contributed by atoms with E-state index in [4.69, 9.17) is 4.74 Å². The second-order valence-corrected chi connectivity index (χ2v) is 3.57. The molecular formula is C10H20N2O2. The van der Waals surface area contributed by atoms with Gasteiger partial charge in [-0.2, -0.15) is 0 Å². The molecule has 0 aromatic heterocycles. The highest BCUT2D eigenvalue weighted by Crippen LogP contribution is 2.05. The average molecular weight is 200 g/mol. The Labute approximate surface area is 85.4 Å². The van der Waals surface area contributed by atoms with Crippen molar-refractivity contribution in [3.63, 3.8) is 0 Å². The molecule has 1 aliphatic rings. The van der Waals surface area contributed by atoms with Crippen LogP contribution >= 0.6 is 0 Å². The lowest BCUT2D eigenvalue weighted by Gasteiger charge is -2.22. The Morgan fingerprint density at radius 2 is 2.43 bits per heavy atom. The predicted molar refractivity (Wildman–Crippen MR) is 55.1 cm³/mol. The first-order chi connectivity index (χ1) is 6.83. The SMILES string of the molecule is CCNC(=O)CCNC1CCCOC1. The number of rotatable bonds is 5. The largest absolute Gasteiger partial charge is 0.380 e. The van der Waals surface area contributed by atoms with E-state index >= 15 is 0 Å². The second kappa shape index (κ2) is 6.79. The molecule has 14 heavy (non-hydrogen) atoms. The summed E-state index contributed by atoms with van der Waals surface area (Å²) in [6.45, 7) is 5.06. The van der Waals surface area contributed by atoms with Crippen LogP contribution in [0.1, 0.15) is 26.2 Å². The molecule has 0 saturated carbocycles. The van der Waals surface area contributed by atoms with Crippen molar-refractivity contribution in [2.75, 3.05) is 26.3 Å². The minimum atomic E-state index is 0.122. The molecule has 0 bridgehead atoms. The van der Waals surface area contributed by atoms with E-state index in [0.29, 0.717) is 19.0 Å². The number of carbonyl (C=O) groups is 1. The van der Waals surface area contributed by atoms with Crippen molar-refractivity contribution in [3.8, 4) is 0 Å². The van der Waals surface area contributed by atoms with Gasteiger partial charge in [-0.05, 0) is 19.8 Å². The summed E-state index contributed by atoms with van der Waals surface area (Å²) in [4.78, 5) is 11.1. The molecule has 0 aliphatic carbocycles. The van der Waals surface area contributed by atoms with Gasteiger partial charge in [-0.25, -0.2) is 0 Å². The van der Waals surface area contributed by atoms with Gasteiger partial charge in [-0.1, -0.05) is 0 Å². The summed E-state index contributed by atoms with van der Waals surface area (Å²) in [6, 6.07) is 0.443. The first-order valence-electron chi connectivity index (χ1n) is 5.40. The van der Waals surface area contributed by atoms with E-state index in [0.717, 1.165) is 32.6 Å². The van der Waals surface area contributed by atoms with E-state index in [9.17, 15) is 4.79 Å². The van der Waals surface area contributed by atoms with E-state index in [1.54, 1.807) is 0 Å². The molecule has 4 nitrogen and oxygen atoms in total. The van der Waals surface area contributed by atoms with Gasteiger partial charge in [0.1, 0.15) is 0 Å². The van der Waals surface area contributed by atoms with Gasteiger partial charge in [0.05, 0.1) is 6.61 Å². The van der Waals surface area contributed by atoms with Crippen LogP contribution < -0.4 is 10.6 Å². The van der Waals surface area contributed by atoms with E-state index in [2.05, 4.69) is 10.6 Å². The van der Waals surface area contributed by atoms with Crippen LogP contribution in [0.3, 0.4) is 0 Å². The normalized spacial score (nSPS) is 21.9. The van der Waals surface area contributed by atoms with Crippen molar-refractivity contribution in [1.29, 1.82) is 0 Å². The van der Waals surface area contributed by atoms with Crippen LogP contribution in [0.2, 0.25) is 0 Å². The van der Waals surface area contributed by atoms with Gasteiger partial charge in [0.2, 0.25) is 5.91 Å². The van der Waals surface area contributed by atoms with E-state index in [-0.39, 0.29) is 5.91 Å². The fourth-order valence-electron chi connectivity index (χ4n) is 1.58. The van der Waals surface area contributed by atoms with Crippen LogP contribution in [-0.2, 0) is 9.53 Å². The van der Waals surface area contributed by atoms with Crippen molar-refractivity contribution in [2.45, 2.75) is 32.2 Å². The highest BCUT2D eigenvalue weighted by atomic mass is 16.5. The fourth-order valence-corrected chi connectivity index (χ4v) is 1.58. The average Bonchev–Trinajstić information content (AvgIpc) is 2.20. The third kappa shape index (κ3) is 4.58. The lowest BCUT2D eigenvalue weighted by Crippen LogP contribution is -2.38. The Morgan fingerprint density at radius 3 is 3.07 bits per heavy atom. The zero-order valence-corrected chi connectivity index (χ0v) is 8.84. The van der Waals surface area contributed by atoms with Crippen LogP contribution in [0.5, 0.6) is 0 Å².